The van der Waals surface area contributed by atoms with E-state index in [0.717, 1.165) is 22.4 Å². The number of thioether (sulfide) groups is 1. The van der Waals surface area contributed by atoms with Crippen molar-refractivity contribution in [2.24, 2.45) is 0 Å². The van der Waals surface area contributed by atoms with Gasteiger partial charge in [-0.25, -0.2) is 0 Å². The van der Waals surface area contributed by atoms with E-state index in [4.69, 9.17) is 0 Å². The van der Waals surface area contributed by atoms with Gasteiger partial charge in [0.2, 0.25) is 5.91 Å². The Kier molecular flexibility index (Phi) is 8.06. The number of carbonyl (C=O) groups is 2. The maximum absolute atomic E-state index is 12.7. The fraction of sp³-hybridized carbons (Fsp3) is 0.280. The van der Waals surface area contributed by atoms with Gasteiger partial charge in [0, 0.05) is 17.8 Å². The van der Waals surface area contributed by atoms with Crippen LogP contribution in [0.3, 0.4) is 0 Å². The second kappa shape index (κ2) is 11.0. The molecule has 2 aromatic carbocycles. The van der Waals surface area contributed by atoms with Crippen molar-refractivity contribution in [3.8, 4) is 0 Å². The Morgan fingerprint density at radius 1 is 1.12 bits per heavy atom. The zero-order valence-electron chi connectivity index (χ0n) is 19.4. The number of rotatable bonds is 9. The molecule has 8 heteroatoms. The van der Waals surface area contributed by atoms with E-state index in [1.165, 1.54) is 11.8 Å². The molecule has 1 atom stereocenters. The van der Waals surface area contributed by atoms with Gasteiger partial charge in [0.15, 0.2) is 11.0 Å². The molecule has 2 amide bonds. The molecule has 1 unspecified atom stereocenters. The minimum Gasteiger partial charge on any atom is -0.342 e. The van der Waals surface area contributed by atoms with E-state index in [1.54, 1.807) is 12.1 Å². The normalized spacial score (nSPS) is 11.6. The average Bonchev–Trinajstić information content (AvgIpc) is 3.14. The number of nitrogens with one attached hydrogen (secondary N) is 2. The van der Waals surface area contributed by atoms with Crippen molar-refractivity contribution in [3.05, 3.63) is 83.2 Å². The molecule has 0 saturated carbocycles. The SMILES string of the molecule is C=CCn1c(SCC(=O)Nc2cc(C)cc(C)c2)nnc1C(C)NC(=O)c1ccccc1C. The van der Waals surface area contributed by atoms with Crippen LogP contribution in [0.15, 0.2) is 60.3 Å². The predicted octanol–water partition coefficient (Wildman–Crippen LogP) is 4.61. The van der Waals surface area contributed by atoms with Gasteiger partial charge >= 0.3 is 0 Å². The molecule has 3 rings (SSSR count). The fourth-order valence-electron chi connectivity index (χ4n) is 3.57. The summed E-state index contributed by atoms with van der Waals surface area (Å²) in [6.07, 6.45) is 1.74. The third-order valence-corrected chi connectivity index (χ3v) is 5.99. The number of anilines is 1. The zero-order valence-corrected chi connectivity index (χ0v) is 20.2. The Bertz CT molecular complexity index is 1150. The molecule has 33 heavy (non-hydrogen) atoms. The summed E-state index contributed by atoms with van der Waals surface area (Å²) in [5.41, 5.74) is 4.49. The summed E-state index contributed by atoms with van der Waals surface area (Å²) in [5, 5.41) is 15.1. The zero-order chi connectivity index (χ0) is 24.0. The molecule has 172 valence electrons. The Morgan fingerprint density at radius 3 is 2.48 bits per heavy atom. The molecular formula is C25H29N5O2S. The third-order valence-electron chi connectivity index (χ3n) is 5.02. The van der Waals surface area contributed by atoms with E-state index in [1.807, 2.05) is 62.6 Å². The number of hydrogen-bond acceptors (Lipinski definition) is 5. The van der Waals surface area contributed by atoms with Crippen LogP contribution in [-0.2, 0) is 11.3 Å². The van der Waals surface area contributed by atoms with Crippen molar-refractivity contribution in [2.45, 2.75) is 45.4 Å². The van der Waals surface area contributed by atoms with E-state index in [-0.39, 0.29) is 23.6 Å². The predicted molar refractivity (Wildman–Crippen MR) is 133 cm³/mol. The van der Waals surface area contributed by atoms with Crippen LogP contribution in [0.2, 0.25) is 0 Å². The molecular weight excluding hydrogens is 434 g/mol. The number of carbonyl (C=O) groups excluding carboxylic acids is 2. The van der Waals surface area contributed by atoms with Crippen LogP contribution in [0.5, 0.6) is 0 Å². The first-order chi connectivity index (χ1) is 15.8. The lowest BCUT2D eigenvalue weighted by molar-refractivity contribution is -0.113. The van der Waals surface area contributed by atoms with E-state index in [2.05, 4.69) is 33.5 Å². The molecule has 2 N–H and O–H groups in total. The smallest absolute Gasteiger partial charge is 0.252 e. The largest absolute Gasteiger partial charge is 0.342 e. The topological polar surface area (TPSA) is 88.9 Å². The molecule has 0 radical (unpaired) electrons. The monoisotopic (exact) mass is 463 g/mol. The fourth-order valence-corrected chi connectivity index (χ4v) is 4.32. The number of hydrogen-bond donors (Lipinski definition) is 2. The lowest BCUT2D eigenvalue weighted by Gasteiger charge is -2.16. The summed E-state index contributed by atoms with van der Waals surface area (Å²) in [6, 6.07) is 13.0. The van der Waals surface area contributed by atoms with Crippen molar-refractivity contribution < 1.29 is 9.59 Å². The molecule has 3 aromatic rings. The summed E-state index contributed by atoms with van der Waals surface area (Å²) >= 11 is 1.30. The van der Waals surface area contributed by atoms with Gasteiger partial charge in [0.25, 0.3) is 5.91 Å². The van der Waals surface area contributed by atoms with Crippen LogP contribution < -0.4 is 10.6 Å². The highest BCUT2D eigenvalue weighted by molar-refractivity contribution is 7.99. The van der Waals surface area contributed by atoms with Gasteiger partial charge in [-0.2, -0.15) is 0 Å². The summed E-state index contributed by atoms with van der Waals surface area (Å²) in [5.74, 6) is 0.497. The number of allylic oxidation sites excluding steroid dienone is 1. The molecule has 0 aliphatic heterocycles. The van der Waals surface area contributed by atoms with Gasteiger partial charge < -0.3 is 15.2 Å². The van der Waals surface area contributed by atoms with Crippen LogP contribution in [0.25, 0.3) is 0 Å². The molecule has 1 heterocycles. The van der Waals surface area contributed by atoms with Crippen LogP contribution >= 0.6 is 11.8 Å². The highest BCUT2D eigenvalue weighted by atomic mass is 32.2. The summed E-state index contributed by atoms with van der Waals surface area (Å²) in [4.78, 5) is 25.2. The van der Waals surface area contributed by atoms with Gasteiger partial charge in [-0.1, -0.05) is 42.1 Å². The number of amides is 2. The second-order valence-corrected chi connectivity index (χ2v) is 8.91. The lowest BCUT2D eigenvalue weighted by Crippen LogP contribution is -2.29. The van der Waals surface area contributed by atoms with Crippen molar-refractivity contribution >= 4 is 29.3 Å². The van der Waals surface area contributed by atoms with Gasteiger partial charge in [0.1, 0.15) is 0 Å². The summed E-state index contributed by atoms with van der Waals surface area (Å²) < 4.78 is 1.87. The average molecular weight is 464 g/mol. The molecule has 0 fully saturated rings. The first-order valence-electron chi connectivity index (χ1n) is 10.7. The van der Waals surface area contributed by atoms with Crippen LogP contribution in [0, 0.1) is 20.8 Å². The highest BCUT2D eigenvalue weighted by Gasteiger charge is 2.21. The van der Waals surface area contributed by atoms with Crippen molar-refractivity contribution in [2.75, 3.05) is 11.1 Å². The van der Waals surface area contributed by atoms with Crippen molar-refractivity contribution in [1.82, 2.24) is 20.1 Å². The number of aromatic nitrogens is 3. The minimum atomic E-state index is -0.372. The Hall–Kier alpha value is -3.39. The standard InChI is InChI=1S/C25H29N5O2S/c1-6-11-30-23(19(5)26-24(32)21-10-8-7-9-18(21)4)28-29-25(30)33-15-22(31)27-20-13-16(2)12-17(3)14-20/h6-10,12-14,19H,1,11,15H2,2-5H3,(H,26,32)(H,27,31). The maximum atomic E-state index is 12.7. The van der Waals surface area contributed by atoms with E-state index >= 15 is 0 Å². The number of nitrogens with zero attached hydrogens (tertiary/aromatic N) is 3. The van der Waals surface area contributed by atoms with E-state index in [9.17, 15) is 9.59 Å². The van der Waals surface area contributed by atoms with Crippen LogP contribution in [0.1, 0.15) is 45.8 Å². The Labute approximate surface area is 198 Å². The lowest BCUT2D eigenvalue weighted by atomic mass is 10.1. The van der Waals surface area contributed by atoms with Gasteiger partial charge in [0.05, 0.1) is 11.8 Å². The third kappa shape index (κ3) is 6.32. The van der Waals surface area contributed by atoms with E-state index in [0.29, 0.717) is 23.1 Å². The first kappa shape index (κ1) is 24.3. The molecule has 1 aromatic heterocycles. The molecule has 0 aliphatic rings. The first-order valence-corrected chi connectivity index (χ1v) is 11.7. The minimum absolute atomic E-state index is 0.124. The van der Waals surface area contributed by atoms with E-state index < -0.39 is 0 Å². The summed E-state index contributed by atoms with van der Waals surface area (Å²) in [7, 11) is 0. The molecule has 0 spiro atoms. The number of benzene rings is 2. The van der Waals surface area contributed by atoms with Gasteiger partial charge in [-0.3, -0.25) is 9.59 Å². The second-order valence-electron chi connectivity index (χ2n) is 7.96. The van der Waals surface area contributed by atoms with Gasteiger partial charge in [-0.05, 0) is 62.6 Å². The summed E-state index contributed by atoms with van der Waals surface area (Å²) in [6.45, 7) is 12.0. The quantitative estimate of drug-likeness (QED) is 0.357. The van der Waals surface area contributed by atoms with Crippen LogP contribution in [-0.4, -0.2) is 32.3 Å². The molecule has 0 bridgehead atoms. The molecule has 7 nitrogen and oxygen atoms in total. The van der Waals surface area contributed by atoms with Crippen molar-refractivity contribution in [3.63, 3.8) is 0 Å². The molecule has 0 saturated heterocycles. The highest BCUT2D eigenvalue weighted by Crippen LogP contribution is 2.22. The Balaban J connectivity index is 1.68. The van der Waals surface area contributed by atoms with Crippen molar-refractivity contribution in [1.29, 1.82) is 0 Å². The van der Waals surface area contributed by atoms with Gasteiger partial charge in [-0.15, -0.1) is 16.8 Å². The van der Waals surface area contributed by atoms with Crippen LogP contribution in [0.4, 0.5) is 5.69 Å². The maximum Gasteiger partial charge on any atom is 0.252 e. The Morgan fingerprint density at radius 2 is 1.82 bits per heavy atom. The molecule has 0 aliphatic carbocycles. The number of aryl methyl sites for hydroxylation is 3.